The van der Waals surface area contributed by atoms with Crippen LogP contribution in [0, 0.1) is 0 Å². The SMILES string of the molecule is O=c1c2ccccc2oc2nc3c4c(ccc3n12)c1ccccc1n4-c1cc(-c2ccccc2)cc(-c2ccccc2)c1. The average Bonchev–Trinajstić information content (AvgIpc) is 3.61. The summed E-state index contributed by atoms with van der Waals surface area (Å²) in [5.41, 5.74) is 9.35. The van der Waals surface area contributed by atoms with E-state index in [9.17, 15) is 4.79 Å². The van der Waals surface area contributed by atoms with Gasteiger partial charge in [-0.3, -0.25) is 4.79 Å². The summed E-state index contributed by atoms with van der Waals surface area (Å²) in [5, 5.41) is 2.71. The number of fused-ring (bicyclic) bond motifs is 8. The zero-order chi connectivity index (χ0) is 28.5. The zero-order valence-electron chi connectivity index (χ0n) is 22.9. The fraction of sp³-hybridized carbons (Fsp3) is 0. The van der Waals surface area contributed by atoms with Crippen molar-refractivity contribution in [3.8, 4) is 27.9 Å². The Morgan fingerprint density at radius 2 is 1.16 bits per heavy atom. The lowest BCUT2D eigenvalue weighted by Gasteiger charge is -2.14. The van der Waals surface area contributed by atoms with Crippen LogP contribution in [-0.2, 0) is 0 Å². The minimum atomic E-state index is -0.140. The fourth-order valence-electron chi connectivity index (χ4n) is 6.39. The quantitative estimate of drug-likeness (QED) is 0.219. The van der Waals surface area contributed by atoms with Crippen LogP contribution >= 0.6 is 0 Å². The molecule has 0 radical (unpaired) electrons. The van der Waals surface area contributed by atoms with Gasteiger partial charge >= 0.3 is 5.84 Å². The van der Waals surface area contributed by atoms with E-state index in [1.54, 1.807) is 10.5 Å². The van der Waals surface area contributed by atoms with Crippen molar-refractivity contribution in [1.82, 2.24) is 14.0 Å². The summed E-state index contributed by atoms with van der Waals surface area (Å²) in [4.78, 5) is 18.7. The van der Waals surface area contributed by atoms with Crippen molar-refractivity contribution >= 4 is 49.7 Å². The molecule has 202 valence electrons. The van der Waals surface area contributed by atoms with Gasteiger partial charge in [-0.1, -0.05) is 91.0 Å². The molecule has 5 nitrogen and oxygen atoms in total. The van der Waals surface area contributed by atoms with Crippen LogP contribution in [0.2, 0.25) is 0 Å². The standard InChI is InChI=1S/C38H23N3O2/c42-37-31-16-8-10-18-34(31)43-38-39-35-33(41(37)38)20-19-30-29-15-7-9-17-32(29)40(36(30)35)28-22-26(24-11-3-1-4-12-24)21-27(23-28)25-13-5-2-6-14-25/h1-23H. The molecule has 0 amide bonds. The molecule has 0 fully saturated rings. The summed E-state index contributed by atoms with van der Waals surface area (Å²) in [6.45, 7) is 0. The molecule has 0 unspecified atom stereocenters. The molecule has 5 heteroatoms. The Morgan fingerprint density at radius 1 is 0.535 bits per heavy atom. The zero-order valence-corrected chi connectivity index (χ0v) is 22.9. The van der Waals surface area contributed by atoms with Crippen molar-refractivity contribution in [2.45, 2.75) is 0 Å². The van der Waals surface area contributed by atoms with E-state index in [0.29, 0.717) is 16.5 Å². The Morgan fingerprint density at radius 3 is 1.88 bits per heavy atom. The number of rotatable bonds is 3. The molecule has 6 aromatic carbocycles. The fourth-order valence-corrected chi connectivity index (χ4v) is 6.39. The van der Waals surface area contributed by atoms with Gasteiger partial charge in [-0.25, -0.2) is 4.40 Å². The molecule has 3 aromatic heterocycles. The third-order valence-electron chi connectivity index (χ3n) is 8.34. The molecule has 3 heterocycles. The van der Waals surface area contributed by atoms with Crippen molar-refractivity contribution in [1.29, 1.82) is 0 Å². The molecule has 0 spiro atoms. The second kappa shape index (κ2) is 9.03. The largest absolute Gasteiger partial charge is 0.424 e. The molecule has 0 bridgehead atoms. The van der Waals surface area contributed by atoms with Gasteiger partial charge in [0.25, 0.3) is 5.56 Å². The topological polar surface area (TPSA) is 52.4 Å². The maximum atomic E-state index is 13.7. The maximum Gasteiger partial charge on any atom is 0.310 e. The van der Waals surface area contributed by atoms with E-state index in [1.165, 1.54) is 0 Å². The smallest absolute Gasteiger partial charge is 0.310 e. The lowest BCUT2D eigenvalue weighted by Crippen LogP contribution is -2.12. The van der Waals surface area contributed by atoms with Crippen molar-refractivity contribution in [2.24, 2.45) is 0 Å². The first-order valence-corrected chi connectivity index (χ1v) is 14.3. The highest BCUT2D eigenvalue weighted by Gasteiger charge is 2.21. The third-order valence-corrected chi connectivity index (χ3v) is 8.34. The molecule has 43 heavy (non-hydrogen) atoms. The highest BCUT2D eigenvalue weighted by atomic mass is 16.4. The minimum Gasteiger partial charge on any atom is -0.424 e. The molecule has 9 rings (SSSR count). The summed E-state index contributed by atoms with van der Waals surface area (Å²) in [7, 11) is 0. The molecule has 0 aliphatic heterocycles. The molecule has 0 atom stereocenters. The van der Waals surface area contributed by atoms with Crippen LogP contribution in [0.25, 0.3) is 77.6 Å². The van der Waals surface area contributed by atoms with Gasteiger partial charge in [-0.2, -0.15) is 4.98 Å². The van der Waals surface area contributed by atoms with Gasteiger partial charge in [-0.15, -0.1) is 0 Å². The Hall–Kier alpha value is -5.94. The predicted octanol–water partition coefficient (Wildman–Crippen LogP) is 9.03. The molecule has 0 saturated heterocycles. The van der Waals surface area contributed by atoms with E-state index in [0.717, 1.165) is 55.3 Å². The summed E-state index contributed by atoms with van der Waals surface area (Å²) < 4.78 is 10.0. The first-order valence-electron chi connectivity index (χ1n) is 14.3. The van der Waals surface area contributed by atoms with Crippen LogP contribution in [0.4, 0.5) is 0 Å². The lowest BCUT2D eigenvalue weighted by molar-refractivity contribution is 0.616. The second-order valence-electron chi connectivity index (χ2n) is 10.8. The van der Waals surface area contributed by atoms with Gasteiger partial charge in [0, 0.05) is 16.5 Å². The van der Waals surface area contributed by atoms with Gasteiger partial charge in [0.2, 0.25) is 0 Å². The van der Waals surface area contributed by atoms with Gasteiger partial charge in [0.15, 0.2) is 0 Å². The number of benzene rings is 6. The minimum absolute atomic E-state index is 0.140. The summed E-state index contributed by atoms with van der Waals surface area (Å²) in [5.74, 6) is 0.283. The number of nitrogens with zero attached hydrogens (tertiary/aromatic N) is 3. The maximum absolute atomic E-state index is 13.7. The van der Waals surface area contributed by atoms with Gasteiger partial charge in [-0.05, 0) is 70.8 Å². The van der Waals surface area contributed by atoms with Crippen molar-refractivity contribution in [2.75, 3.05) is 0 Å². The van der Waals surface area contributed by atoms with Crippen LogP contribution in [0.15, 0.2) is 149 Å². The number of aromatic nitrogens is 3. The molecule has 0 saturated carbocycles. The number of para-hydroxylation sites is 2. The van der Waals surface area contributed by atoms with Crippen molar-refractivity contribution in [3.05, 3.63) is 150 Å². The highest BCUT2D eigenvalue weighted by molar-refractivity contribution is 6.17. The Labute approximate surface area is 245 Å². The predicted molar refractivity (Wildman–Crippen MR) is 174 cm³/mol. The Kier molecular flexibility index (Phi) is 4.98. The van der Waals surface area contributed by atoms with Gasteiger partial charge < -0.3 is 8.98 Å². The molecular formula is C38H23N3O2. The third kappa shape index (κ3) is 3.52. The molecule has 0 aliphatic carbocycles. The van der Waals surface area contributed by atoms with E-state index in [1.807, 2.05) is 36.4 Å². The van der Waals surface area contributed by atoms with Gasteiger partial charge in [0.05, 0.1) is 21.9 Å². The van der Waals surface area contributed by atoms with Crippen LogP contribution in [0.3, 0.4) is 0 Å². The summed E-state index contributed by atoms with van der Waals surface area (Å²) >= 11 is 0. The number of hydrogen-bond donors (Lipinski definition) is 0. The van der Waals surface area contributed by atoms with E-state index in [-0.39, 0.29) is 11.4 Å². The average molecular weight is 554 g/mol. The number of imidazole rings is 1. The van der Waals surface area contributed by atoms with Crippen LogP contribution < -0.4 is 5.56 Å². The molecule has 0 N–H and O–H groups in total. The monoisotopic (exact) mass is 553 g/mol. The van der Waals surface area contributed by atoms with Gasteiger partial charge in [0.1, 0.15) is 11.1 Å². The van der Waals surface area contributed by atoms with E-state index in [4.69, 9.17) is 9.40 Å². The van der Waals surface area contributed by atoms with E-state index in [2.05, 4.69) is 102 Å². The van der Waals surface area contributed by atoms with Crippen molar-refractivity contribution < 1.29 is 4.42 Å². The van der Waals surface area contributed by atoms with Crippen LogP contribution in [0.1, 0.15) is 0 Å². The molecule has 9 aromatic rings. The Balaban J connectivity index is 1.44. The van der Waals surface area contributed by atoms with Crippen LogP contribution in [0.5, 0.6) is 0 Å². The van der Waals surface area contributed by atoms with Crippen molar-refractivity contribution in [3.63, 3.8) is 0 Å². The Bertz CT molecular complexity index is 2520. The first kappa shape index (κ1) is 23.7. The molecule has 0 aliphatic rings. The first-order chi connectivity index (χ1) is 21.2. The summed E-state index contributed by atoms with van der Waals surface area (Å²) in [6.07, 6.45) is 0. The van der Waals surface area contributed by atoms with Crippen LogP contribution in [-0.4, -0.2) is 14.0 Å². The number of hydrogen-bond acceptors (Lipinski definition) is 3. The second-order valence-corrected chi connectivity index (χ2v) is 10.8. The normalized spacial score (nSPS) is 11.8. The molecular weight excluding hydrogens is 530 g/mol. The highest BCUT2D eigenvalue weighted by Crippen LogP contribution is 2.39. The van der Waals surface area contributed by atoms with E-state index < -0.39 is 0 Å². The summed E-state index contributed by atoms with van der Waals surface area (Å²) in [6, 6.07) is 47.4. The lowest BCUT2D eigenvalue weighted by atomic mass is 9.98. The van der Waals surface area contributed by atoms with E-state index >= 15 is 0 Å².